The number of aromatic nitrogens is 5. The minimum atomic E-state index is -0.0751. The molecule has 0 spiro atoms. The van der Waals surface area contributed by atoms with Gasteiger partial charge in [0.1, 0.15) is 0 Å². The largest absolute Gasteiger partial charge is 0.349 e. The summed E-state index contributed by atoms with van der Waals surface area (Å²) >= 11 is 0. The third kappa shape index (κ3) is 5.79. The Bertz CT molecular complexity index is 1440. The average Bonchev–Trinajstić information content (AvgIpc) is 3.51. The summed E-state index contributed by atoms with van der Waals surface area (Å²) in [6, 6.07) is 17.3. The van der Waals surface area contributed by atoms with Crippen molar-refractivity contribution in [3.05, 3.63) is 94.3 Å². The number of hydrogen-bond donors (Lipinski definition) is 1. The van der Waals surface area contributed by atoms with Gasteiger partial charge in [-0.25, -0.2) is 9.67 Å². The molecule has 1 saturated carbocycles. The van der Waals surface area contributed by atoms with Gasteiger partial charge in [-0.2, -0.15) is 0 Å². The number of nitrogens with one attached hydrogen (secondary N) is 1. The second-order valence-electron chi connectivity index (χ2n) is 10.8. The predicted octanol–water partition coefficient (Wildman–Crippen LogP) is 2.95. The molecule has 0 bridgehead atoms. The van der Waals surface area contributed by atoms with Gasteiger partial charge in [0.25, 0.3) is 5.56 Å². The maximum Gasteiger partial charge on any atom is 0.298 e. The maximum atomic E-state index is 13.6. The van der Waals surface area contributed by atoms with Crippen molar-refractivity contribution in [3.8, 4) is 11.4 Å². The Hall–Kier alpha value is -3.82. The molecule has 4 aromatic rings. The second kappa shape index (κ2) is 11.1. The fraction of sp³-hybridized carbons (Fsp3) is 0.400. The molecule has 9 heteroatoms. The van der Waals surface area contributed by atoms with Gasteiger partial charge < -0.3 is 15.1 Å². The van der Waals surface area contributed by atoms with Gasteiger partial charge in [-0.3, -0.25) is 9.36 Å². The summed E-state index contributed by atoms with van der Waals surface area (Å²) in [5.41, 5.74) is 5.32. The molecule has 39 heavy (non-hydrogen) atoms. The van der Waals surface area contributed by atoms with Crippen molar-refractivity contribution < 1.29 is 0 Å². The first-order chi connectivity index (χ1) is 19.0. The summed E-state index contributed by atoms with van der Waals surface area (Å²) in [4.78, 5) is 23.0. The van der Waals surface area contributed by atoms with Gasteiger partial charge >= 0.3 is 0 Å². The normalized spacial score (nSPS) is 19.4. The minimum Gasteiger partial charge on any atom is -0.349 e. The molecule has 0 amide bonds. The molecule has 1 aliphatic carbocycles. The summed E-state index contributed by atoms with van der Waals surface area (Å²) in [5.74, 6) is 1.17. The Morgan fingerprint density at radius 3 is 2.44 bits per heavy atom. The zero-order valence-electron chi connectivity index (χ0n) is 22.7. The van der Waals surface area contributed by atoms with E-state index >= 15 is 0 Å². The molecule has 2 fully saturated rings. The van der Waals surface area contributed by atoms with Crippen LogP contribution in [-0.4, -0.2) is 75.3 Å². The number of nitrogens with zero attached hydrogens (tertiary/aromatic N) is 7. The van der Waals surface area contributed by atoms with Crippen molar-refractivity contribution in [2.24, 2.45) is 0 Å². The Balaban J connectivity index is 1.16. The van der Waals surface area contributed by atoms with Crippen LogP contribution in [0.25, 0.3) is 11.4 Å². The predicted molar refractivity (Wildman–Crippen MR) is 153 cm³/mol. The number of benzene rings is 2. The molecule has 0 radical (unpaired) electrons. The van der Waals surface area contributed by atoms with E-state index in [2.05, 4.69) is 63.7 Å². The summed E-state index contributed by atoms with van der Waals surface area (Å²) in [6.07, 6.45) is 8.35. The highest BCUT2D eigenvalue weighted by Gasteiger charge is 2.37. The molecule has 2 aromatic heterocycles. The van der Waals surface area contributed by atoms with Crippen molar-refractivity contribution in [2.75, 3.05) is 44.7 Å². The van der Waals surface area contributed by atoms with Crippen molar-refractivity contribution in [1.82, 2.24) is 34.8 Å². The van der Waals surface area contributed by atoms with Gasteiger partial charge in [0, 0.05) is 50.0 Å². The van der Waals surface area contributed by atoms with Crippen LogP contribution in [0.3, 0.4) is 0 Å². The molecule has 1 N–H and O–H groups in total. The average molecular weight is 525 g/mol. The van der Waals surface area contributed by atoms with E-state index in [1.807, 2.05) is 30.5 Å². The Labute approximate surface area is 229 Å². The van der Waals surface area contributed by atoms with Gasteiger partial charge in [0.2, 0.25) is 0 Å². The number of aryl methyl sites for hydroxylation is 2. The molecule has 1 saturated heterocycles. The molecule has 1 aliphatic heterocycles. The monoisotopic (exact) mass is 524 g/mol. The Morgan fingerprint density at radius 2 is 1.72 bits per heavy atom. The van der Waals surface area contributed by atoms with Crippen LogP contribution in [0.5, 0.6) is 0 Å². The highest BCUT2D eigenvalue weighted by atomic mass is 16.1. The van der Waals surface area contributed by atoms with E-state index in [-0.39, 0.29) is 5.56 Å². The van der Waals surface area contributed by atoms with E-state index < -0.39 is 0 Å². The molecular formula is C30H36N8O. The smallest absolute Gasteiger partial charge is 0.298 e. The molecule has 202 valence electrons. The highest BCUT2D eigenvalue weighted by Crippen LogP contribution is 2.40. The molecule has 6 rings (SSSR count). The van der Waals surface area contributed by atoms with Crippen molar-refractivity contribution >= 4 is 5.82 Å². The molecule has 3 heterocycles. The SMILES string of the molecule is Cc1ccc([C@@H]2C[C@H]2NCCCc2cn(-c3ccc(-n4ccnn4)cc3)c(=O)c(N3CCN(C)CC3)n2)cc1. The van der Waals surface area contributed by atoms with Crippen LogP contribution in [0, 0.1) is 6.92 Å². The fourth-order valence-corrected chi connectivity index (χ4v) is 5.34. The topological polar surface area (TPSA) is 84.1 Å². The first kappa shape index (κ1) is 25.5. The van der Waals surface area contributed by atoms with E-state index in [4.69, 9.17) is 4.98 Å². The lowest BCUT2D eigenvalue weighted by atomic mass is 10.1. The summed E-state index contributed by atoms with van der Waals surface area (Å²) in [6.45, 7) is 6.52. The van der Waals surface area contributed by atoms with Crippen LogP contribution in [0.15, 0.2) is 71.9 Å². The lowest BCUT2D eigenvalue weighted by Crippen LogP contribution is -2.47. The van der Waals surface area contributed by atoms with Crippen LogP contribution in [0.1, 0.15) is 35.6 Å². The number of anilines is 1. The number of hydrogen-bond acceptors (Lipinski definition) is 7. The van der Waals surface area contributed by atoms with Crippen LogP contribution < -0.4 is 15.8 Å². The van der Waals surface area contributed by atoms with Gasteiger partial charge in [-0.05, 0) is 69.6 Å². The molecule has 2 aliphatic rings. The number of rotatable bonds is 9. The molecule has 9 nitrogen and oxygen atoms in total. The van der Waals surface area contributed by atoms with Gasteiger partial charge in [-0.15, -0.1) is 5.10 Å². The van der Waals surface area contributed by atoms with Crippen LogP contribution in [0.2, 0.25) is 0 Å². The molecular weight excluding hydrogens is 488 g/mol. The van der Waals surface area contributed by atoms with Gasteiger partial charge in [0.15, 0.2) is 5.82 Å². The third-order valence-corrected chi connectivity index (χ3v) is 7.87. The number of piperazine rings is 1. The lowest BCUT2D eigenvalue weighted by Gasteiger charge is -2.33. The lowest BCUT2D eigenvalue weighted by molar-refractivity contribution is 0.311. The summed E-state index contributed by atoms with van der Waals surface area (Å²) < 4.78 is 3.46. The van der Waals surface area contributed by atoms with Gasteiger partial charge in [0.05, 0.1) is 23.8 Å². The molecule has 2 atom stereocenters. The zero-order chi connectivity index (χ0) is 26.8. The number of likely N-dealkylation sites (N-methyl/N-ethyl adjacent to an activating group) is 1. The summed E-state index contributed by atoms with van der Waals surface area (Å²) in [5, 5.41) is 11.7. The Morgan fingerprint density at radius 1 is 0.974 bits per heavy atom. The van der Waals surface area contributed by atoms with E-state index in [1.165, 1.54) is 17.5 Å². The van der Waals surface area contributed by atoms with Crippen molar-refractivity contribution in [1.29, 1.82) is 0 Å². The van der Waals surface area contributed by atoms with Crippen molar-refractivity contribution in [3.63, 3.8) is 0 Å². The Kier molecular flexibility index (Phi) is 7.26. The van der Waals surface area contributed by atoms with Crippen molar-refractivity contribution in [2.45, 2.75) is 38.1 Å². The van der Waals surface area contributed by atoms with Crippen LogP contribution >= 0.6 is 0 Å². The third-order valence-electron chi connectivity index (χ3n) is 7.87. The van der Waals surface area contributed by atoms with E-state index in [1.54, 1.807) is 21.6 Å². The fourth-order valence-electron chi connectivity index (χ4n) is 5.34. The highest BCUT2D eigenvalue weighted by molar-refractivity contribution is 5.45. The summed E-state index contributed by atoms with van der Waals surface area (Å²) in [7, 11) is 2.12. The molecule has 2 aromatic carbocycles. The molecule has 0 unspecified atom stereocenters. The quantitative estimate of drug-likeness (QED) is 0.337. The van der Waals surface area contributed by atoms with E-state index in [0.717, 1.165) is 62.6 Å². The van der Waals surface area contributed by atoms with E-state index in [9.17, 15) is 4.79 Å². The van der Waals surface area contributed by atoms with Gasteiger partial charge in [-0.1, -0.05) is 35.0 Å². The second-order valence-corrected chi connectivity index (χ2v) is 10.8. The minimum absolute atomic E-state index is 0.0751. The standard InChI is InChI=1S/C30H36N8O/c1-22-5-7-23(8-6-22)27-20-28(27)31-13-3-4-24-21-37(25-9-11-26(12-10-25)38-15-14-32-34-38)30(39)29(33-24)36-18-16-35(2)17-19-36/h5-12,14-15,21,27-28,31H,3-4,13,16-20H2,1-2H3/t27-,28+/m0/s1. The first-order valence-electron chi connectivity index (χ1n) is 13.9. The first-order valence-corrected chi connectivity index (χ1v) is 13.9. The van der Waals surface area contributed by atoms with E-state index in [0.29, 0.717) is 17.8 Å². The zero-order valence-corrected chi connectivity index (χ0v) is 22.7. The van der Waals surface area contributed by atoms with Crippen LogP contribution in [-0.2, 0) is 6.42 Å². The maximum absolute atomic E-state index is 13.6. The van der Waals surface area contributed by atoms with Crippen LogP contribution in [0.4, 0.5) is 5.82 Å².